The van der Waals surface area contributed by atoms with Crippen LogP contribution in [0.4, 0.5) is 0 Å². The minimum Gasteiger partial charge on any atom is -0.462 e. The van der Waals surface area contributed by atoms with Gasteiger partial charge >= 0.3 is 5.97 Å². The number of hydrogen-bond acceptors (Lipinski definition) is 3. The molecule has 13 heavy (non-hydrogen) atoms. The quantitative estimate of drug-likeness (QED) is 0.302. The van der Waals surface area contributed by atoms with E-state index in [2.05, 4.69) is 24.7 Å². The van der Waals surface area contributed by atoms with Gasteiger partial charge in [-0.05, 0) is 19.9 Å². The molecule has 0 saturated carbocycles. The molecule has 0 aliphatic heterocycles. The minimum atomic E-state index is -0.666. The Morgan fingerprint density at radius 2 is 2.15 bits per heavy atom. The van der Waals surface area contributed by atoms with Crippen molar-refractivity contribution >= 4 is 14.9 Å². The Morgan fingerprint density at radius 3 is 2.62 bits per heavy atom. The van der Waals surface area contributed by atoms with Crippen molar-refractivity contribution in [1.29, 1.82) is 0 Å². The summed E-state index contributed by atoms with van der Waals surface area (Å²) >= 11 is 0. The van der Waals surface area contributed by atoms with Crippen molar-refractivity contribution in [3.63, 3.8) is 0 Å². The summed E-state index contributed by atoms with van der Waals surface area (Å²) in [6.45, 7) is 11.0. The Morgan fingerprint density at radius 1 is 1.54 bits per heavy atom. The van der Waals surface area contributed by atoms with Crippen molar-refractivity contribution in [3.8, 4) is 0 Å². The smallest absolute Gasteiger partial charge is 0.333 e. The van der Waals surface area contributed by atoms with Crippen LogP contribution in [0.15, 0.2) is 12.2 Å². The molecule has 0 rings (SSSR count). The Labute approximate surface area is 81.9 Å². The number of esters is 1. The predicted octanol–water partition coefficient (Wildman–Crippen LogP) is 1.07. The van der Waals surface area contributed by atoms with Gasteiger partial charge in [-0.15, -0.1) is 0 Å². The summed E-state index contributed by atoms with van der Waals surface area (Å²) in [4.78, 5) is 14.3. The lowest BCUT2D eigenvalue weighted by Crippen LogP contribution is -2.28. The third kappa shape index (κ3) is 7.74. The Hall–Kier alpha value is -0.613. The second-order valence-corrected chi connectivity index (χ2v) is 6.10. The van der Waals surface area contributed by atoms with Gasteiger partial charge in [-0.3, -0.25) is 0 Å². The molecule has 0 aliphatic rings. The van der Waals surface area contributed by atoms with Crippen LogP contribution in [-0.4, -0.2) is 28.1 Å². The number of nitrogens with one attached hydrogen (secondary N) is 1. The molecular weight excluding hydrogens is 182 g/mol. The summed E-state index contributed by atoms with van der Waals surface area (Å²) < 4.78 is 4.92. The Bertz CT molecular complexity index is 180. The molecule has 0 amide bonds. The molecule has 0 aliphatic carbocycles. The maximum absolute atomic E-state index is 10.9. The first kappa shape index (κ1) is 12.4. The molecule has 0 aromatic carbocycles. The van der Waals surface area contributed by atoms with E-state index in [1.807, 2.05) is 0 Å². The maximum Gasteiger partial charge on any atom is 0.333 e. The first-order valence-corrected chi connectivity index (χ1v) is 7.48. The van der Waals surface area contributed by atoms with Crippen LogP contribution in [0.5, 0.6) is 0 Å². The van der Waals surface area contributed by atoms with E-state index >= 15 is 0 Å². The van der Waals surface area contributed by atoms with E-state index in [0.717, 1.165) is 13.0 Å². The van der Waals surface area contributed by atoms with Crippen LogP contribution in [0.1, 0.15) is 13.3 Å². The van der Waals surface area contributed by atoms with Crippen molar-refractivity contribution in [2.75, 3.05) is 13.2 Å². The number of rotatable bonds is 6. The zero-order valence-corrected chi connectivity index (χ0v) is 9.88. The van der Waals surface area contributed by atoms with Crippen molar-refractivity contribution < 1.29 is 9.53 Å². The molecule has 0 fully saturated rings. The van der Waals surface area contributed by atoms with Crippen LogP contribution >= 0.6 is 0 Å². The second-order valence-electron chi connectivity index (χ2n) is 3.38. The van der Waals surface area contributed by atoms with Gasteiger partial charge in [0, 0.05) is 5.57 Å². The second kappa shape index (κ2) is 6.86. The molecule has 1 N–H and O–H groups in total. The van der Waals surface area contributed by atoms with Gasteiger partial charge in [0.15, 0.2) is 0 Å². The van der Waals surface area contributed by atoms with Crippen molar-refractivity contribution in [1.82, 2.24) is 4.98 Å². The monoisotopic (exact) mass is 201 g/mol. The van der Waals surface area contributed by atoms with Gasteiger partial charge < -0.3 is 9.72 Å². The van der Waals surface area contributed by atoms with E-state index < -0.39 is 8.96 Å². The molecule has 0 radical (unpaired) electrons. The maximum atomic E-state index is 10.9. The molecule has 0 spiro atoms. The van der Waals surface area contributed by atoms with Gasteiger partial charge in [0.05, 0.1) is 6.61 Å². The molecule has 3 nitrogen and oxygen atoms in total. The summed E-state index contributed by atoms with van der Waals surface area (Å²) in [5.41, 5.74) is 0.464. The predicted molar refractivity (Wildman–Crippen MR) is 57.3 cm³/mol. The Balaban J connectivity index is 3.26. The minimum absolute atomic E-state index is 0.290. The average Bonchev–Trinajstić information content (AvgIpc) is 2.02. The zero-order chi connectivity index (χ0) is 10.3. The molecule has 0 saturated heterocycles. The zero-order valence-electron chi connectivity index (χ0n) is 8.72. The number of hydrogen-bond donors (Lipinski definition) is 1. The summed E-state index contributed by atoms with van der Waals surface area (Å²) in [5, 5.41) is 0. The van der Waals surface area contributed by atoms with Gasteiger partial charge in [-0.2, -0.15) is 0 Å². The molecule has 0 unspecified atom stereocenters. The van der Waals surface area contributed by atoms with Crippen molar-refractivity contribution in [2.24, 2.45) is 0 Å². The standard InChI is InChI=1S/C9H19NO2Si/c1-8(2)9(11)12-7-5-6-10-13(3)4/h10,13H,1,5-7H2,2-4H3. The fourth-order valence-corrected chi connectivity index (χ4v) is 1.53. The number of carbonyl (C=O) groups excluding carboxylic acids is 1. The lowest BCUT2D eigenvalue weighted by Gasteiger charge is -2.07. The van der Waals surface area contributed by atoms with Gasteiger partial charge in [0.25, 0.3) is 0 Å². The summed E-state index contributed by atoms with van der Waals surface area (Å²) in [6, 6.07) is 0. The molecule has 0 bridgehead atoms. The van der Waals surface area contributed by atoms with Crippen LogP contribution < -0.4 is 4.98 Å². The van der Waals surface area contributed by atoms with Crippen LogP contribution in [0.2, 0.25) is 13.1 Å². The van der Waals surface area contributed by atoms with Crippen molar-refractivity contribution in [3.05, 3.63) is 12.2 Å². The molecule has 0 atom stereocenters. The van der Waals surface area contributed by atoms with Crippen LogP contribution in [0.25, 0.3) is 0 Å². The first-order valence-electron chi connectivity index (χ1n) is 4.60. The highest BCUT2D eigenvalue weighted by Gasteiger charge is 2.01. The third-order valence-electron chi connectivity index (χ3n) is 1.46. The topological polar surface area (TPSA) is 38.3 Å². The van der Waals surface area contributed by atoms with Crippen LogP contribution in [-0.2, 0) is 9.53 Å². The molecule has 76 valence electrons. The summed E-state index contributed by atoms with van der Waals surface area (Å²) in [7, 11) is -0.666. The highest BCUT2D eigenvalue weighted by Crippen LogP contribution is 1.92. The molecule has 4 heteroatoms. The third-order valence-corrected chi connectivity index (χ3v) is 2.56. The van der Waals surface area contributed by atoms with Gasteiger partial charge in [-0.1, -0.05) is 19.7 Å². The largest absolute Gasteiger partial charge is 0.462 e. The van der Waals surface area contributed by atoms with E-state index in [0.29, 0.717) is 12.2 Å². The van der Waals surface area contributed by atoms with Crippen LogP contribution in [0.3, 0.4) is 0 Å². The van der Waals surface area contributed by atoms with E-state index in [4.69, 9.17) is 4.74 Å². The SMILES string of the molecule is C=C(C)C(=O)OCCCN[SiH](C)C. The normalized spacial score (nSPS) is 10.2. The number of ether oxygens (including phenoxy) is 1. The lowest BCUT2D eigenvalue weighted by atomic mass is 10.4. The van der Waals surface area contributed by atoms with Crippen LogP contribution in [0, 0.1) is 0 Å². The molecule has 0 aromatic heterocycles. The first-order chi connectivity index (χ1) is 6.04. The Kier molecular flexibility index (Phi) is 6.53. The summed E-state index contributed by atoms with van der Waals surface area (Å²) in [5.74, 6) is -0.290. The van der Waals surface area contributed by atoms with E-state index in [9.17, 15) is 4.79 Å². The highest BCUT2D eigenvalue weighted by molar-refractivity contribution is 6.52. The van der Waals surface area contributed by atoms with Gasteiger partial charge in [-0.25, -0.2) is 4.79 Å². The van der Waals surface area contributed by atoms with Gasteiger partial charge in [0.2, 0.25) is 0 Å². The number of carbonyl (C=O) groups is 1. The molecule has 0 aromatic rings. The van der Waals surface area contributed by atoms with Crippen molar-refractivity contribution in [2.45, 2.75) is 26.4 Å². The van der Waals surface area contributed by atoms with E-state index in [1.165, 1.54) is 0 Å². The van der Waals surface area contributed by atoms with E-state index in [1.54, 1.807) is 6.92 Å². The fraction of sp³-hybridized carbons (Fsp3) is 0.667. The average molecular weight is 201 g/mol. The molecular formula is C9H19NO2Si. The van der Waals surface area contributed by atoms with Gasteiger partial charge in [0.1, 0.15) is 8.96 Å². The van der Waals surface area contributed by atoms with E-state index in [-0.39, 0.29) is 5.97 Å². The lowest BCUT2D eigenvalue weighted by molar-refractivity contribution is -0.138. The summed E-state index contributed by atoms with van der Waals surface area (Å²) in [6.07, 6.45) is 0.879. The highest BCUT2D eigenvalue weighted by atomic mass is 28.3. The molecule has 0 heterocycles. The fourth-order valence-electron chi connectivity index (χ4n) is 0.751.